The van der Waals surface area contributed by atoms with Crippen molar-refractivity contribution in [3.05, 3.63) is 12.3 Å². The van der Waals surface area contributed by atoms with E-state index in [4.69, 9.17) is 5.11 Å². The maximum Gasteiger partial charge on any atom is 0.318 e. The third kappa shape index (κ3) is 2.53. The molecular formula is C5H7N3O4S. The van der Waals surface area contributed by atoms with Crippen LogP contribution in [-0.4, -0.2) is 36.2 Å². The Morgan fingerprint density at radius 2 is 2.38 bits per heavy atom. The summed E-state index contributed by atoms with van der Waals surface area (Å²) in [4.78, 5) is 10.1. The number of carboxylic acid groups (broad SMARTS) is 1. The van der Waals surface area contributed by atoms with Crippen molar-refractivity contribution < 1.29 is 18.3 Å². The van der Waals surface area contributed by atoms with E-state index in [1.54, 1.807) is 0 Å². The van der Waals surface area contributed by atoms with Gasteiger partial charge in [-0.05, 0) is 6.07 Å². The van der Waals surface area contributed by atoms with Crippen molar-refractivity contribution in [1.29, 1.82) is 0 Å². The smallest absolute Gasteiger partial charge is 0.318 e. The number of sulfonamides is 1. The summed E-state index contributed by atoms with van der Waals surface area (Å²) >= 11 is 0. The Morgan fingerprint density at radius 3 is 2.85 bits per heavy atom. The molecule has 0 unspecified atom stereocenters. The average Bonchev–Trinajstić information content (AvgIpc) is 2.53. The number of nitrogens with zero attached hydrogens (tertiary/aromatic N) is 1. The van der Waals surface area contributed by atoms with Crippen molar-refractivity contribution in [3.8, 4) is 0 Å². The van der Waals surface area contributed by atoms with Gasteiger partial charge in [-0.15, -0.1) is 0 Å². The van der Waals surface area contributed by atoms with Crippen LogP contribution in [0.1, 0.15) is 0 Å². The quantitative estimate of drug-likeness (QED) is 0.570. The fraction of sp³-hybridized carbons (Fsp3) is 0.200. The van der Waals surface area contributed by atoms with Gasteiger partial charge < -0.3 is 5.11 Å². The molecule has 0 saturated carbocycles. The first kappa shape index (κ1) is 9.68. The molecule has 0 fully saturated rings. The summed E-state index contributed by atoms with van der Waals surface area (Å²) in [5.41, 5.74) is 0. The Kier molecular flexibility index (Phi) is 2.63. The van der Waals surface area contributed by atoms with E-state index in [-0.39, 0.29) is 5.03 Å². The summed E-state index contributed by atoms with van der Waals surface area (Å²) in [6.07, 6.45) is 1.26. The van der Waals surface area contributed by atoms with Gasteiger partial charge in [-0.25, -0.2) is 8.42 Å². The summed E-state index contributed by atoms with van der Waals surface area (Å²) in [6, 6.07) is 1.23. The van der Waals surface area contributed by atoms with Gasteiger partial charge in [0, 0.05) is 0 Å². The molecule has 3 N–H and O–H groups in total. The highest BCUT2D eigenvalue weighted by molar-refractivity contribution is 7.89. The maximum atomic E-state index is 11.2. The fourth-order valence-corrected chi connectivity index (χ4v) is 1.51. The lowest BCUT2D eigenvalue weighted by atomic mass is 10.7. The molecule has 1 heterocycles. The van der Waals surface area contributed by atoms with Gasteiger partial charge in [0.2, 0.25) is 0 Å². The van der Waals surface area contributed by atoms with Gasteiger partial charge in [-0.2, -0.15) is 9.82 Å². The van der Waals surface area contributed by atoms with Crippen LogP contribution in [0.4, 0.5) is 0 Å². The Balaban J connectivity index is 2.74. The van der Waals surface area contributed by atoms with Crippen molar-refractivity contribution in [2.75, 3.05) is 6.54 Å². The minimum absolute atomic E-state index is 0.159. The first-order valence-corrected chi connectivity index (χ1v) is 4.71. The van der Waals surface area contributed by atoms with Crippen LogP contribution in [0.2, 0.25) is 0 Å². The predicted molar refractivity (Wildman–Crippen MR) is 41.4 cm³/mol. The van der Waals surface area contributed by atoms with E-state index in [1.807, 2.05) is 4.72 Å². The Morgan fingerprint density at radius 1 is 1.69 bits per heavy atom. The molecule has 0 amide bonds. The zero-order valence-electron chi connectivity index (χ0n) is 6.39. The van der Waals surface area contributed by atoms with Crippen molar-refractivity contribution in [2.24, 2.45) is 0 Å². The first-order valence-electron chi connectivity index (χ1n) is 3.23. The van der Waals surface area contributed by atoms with E-state index in [1.165, 1.54) is 12.3 Å². The lowest BCUT2D eigenvalue weighted by Crippen LogP contribution is -2.29. The summed E-state index contributed by atoms with van der Waals surface area (Å²) in [6.45, 7) is -0.651. The molecular weight excluding hydrogens is 198 g/mol. The third-order valence-electron chi connectivity index (χ3n) is 1.18. The van der Waals surface area contributed by atoms with Gasteiger partial charge in [0.15, 0.2) is 5.03 Å². The predicted octanol–water partition coefficient (Wildman–Crippen LogP) is -1.23. The number of carboxylic acids is 1. The SMILES string of the molecule is O=C(O)CNS(=O)(=O)c1ccn[nH]1. The second-order valence-corrected chi connectivity index (χ2v) is 3.87. The Hall–Kier alpha value is -1.41. The number of aromatic nitrogens is 2. The lowest BCUT2D eigenvalue weighted by Gasteiger charge is -1.99. The van der Waals surface area contributed by atoms with Crippen LogP contribution >= 0.6 is 0 Å². The van der Waals surface area contributed by atoms with Gasteiger partial charge >= 0.3 is 5.97 Å². The van der Waals surface area contributed by atoms with Crippen LogP contribution in [0.3, 0.4) is 0 Å². The number of aliphatic carboxylic acids is 1. The number of hydrogen-bond acceptors (Lipinski definition) is 4. The fourth-order valence-electron chi connectivity index (χ4n) is 0.627. The molecule has 0 radical (unpaired) electrons. The van der Waals surface area contributed by atoms with E-state index < -0.39 is 22.5 Å². The molecule has 72 valence electrons. The molecule has 0 aromatic carbocycles. The Labute approximate surface area is 73.8 Å². The highest BCUT2D eigenvalue weighted by atomic mass is 32.2. The zero-order valence-corrected chi connectivity index (χ0v) is 7.21. The second kappa shape index (κ2) is 3.54. The van der Waals surface area contributed by atoms with Gasteiger partial charge in [-0.1, -0.05) is 0 Å². The standard InChI is InChI=1S/C5H7N3O4S/c9-5(10)3-7-13(11,12)4-1-2-6-8-4/h1-2,7H,3H2,(H,6,8)(H,9,10). The van der Waals surface area contributed by atoms with E-state index in [9.17, 15) is 13.2 Å². The second-order valence-electron chi connectivity index (χ2n) is 2.14. The van der Waals surface area contributed by atoms with Gasteiger partial charge in [-0.3, -0.25) is 9.89 Å². The number of H-pyrrole nitrogens is 1. The van der Waals surface area contributed by atoms with Crippen LogP contribution in [-0.2, 0) is 14.8 Å². The summed E-state index contributed by atoms with van der Waals surface area (Å²) in [7, 11) is -3.76. The number of nitrogens with one attached hydrogen (secondary N) is 2. The van der Waals surface area contributed by atoms with Gasteiger partial charge in [0.1, 0.15) is 6.54 Å². The number of aromatic amines is 1. The molecule has 0 aliphatic rings. The molecule has 7 nitrogen and oxygen atoms in total. The number of hydrogen-bond donors (Lipinski definition) is 3. The van der Waals surface area contributed by atoms with E-state index in [2.05, 4.69) is 10.2 Å². The molecule has 8 heteroatoms. The molecule has 0 aliphatic heterocycles. The van der Waals surface area contributed by atoms with Gasteiger partial charge in [0.25, 0.3) is 10.0 Å². The van der Waals surface area contributed by atoms with Crippen LogP contribution in [0, 0.1) is 0 Å². The maximum absolute atomic E-state index is 11.2. The van der Waals surface area contributed by atoms with Crippen LogP contribution in [0.15, 0.2) is 17.3 Å². The molecule has 0 bridgehead atoms. The molecule has 1 rings (SSSR count). The largest absolute Gasteiger partial charge is 0.480 e. The van der Waals surface area contributed by atoms with Crippen molar-refractivity contribution in [3.63, 3.8) is 0 Å². The first-order chi connectivity index (χ1) is 6.02. The molecule has 1 aromatic rings. The van der Waals surface area contributed by atoms with Gasteiger partial charge in [0.05, 0.1) is 6.20 Å². The zero-order chi connectivity index (χ0) is 9.90. The minimum Gasteiger partial charge on any atom is -0.480 e. The Bertz CT molecular complexity index is 382. The molecule has 13 heavy (non-hydrogen) atoms. The van der Waals surface area contributed by atoms with E-state index >= 15 is 0 Å². The van der Waals surface area contributed by atoms with Crippen molar-refractivity contribution in [1.82, 2.24) is 14.9 Å². The molecule has 0 saturated heterocycles. The monoisotopic (exact) mass is 205 g/mol. The number of carbonyl (C=O) groups is 1. The molecule has 0 spiro atoms. The highest BCUT2D eigenvalue weighted by Gasteiger charge is 2.15. The molecule has 0 aliphatic carbocycles. The van der Waals surface area contributed by atoms with E-state index in [0.717, 1.165) is 0 Å². The van der Waals surface area contributed by atoms with Crippen LogP contribution in [0.5, 0.6) is 0 Å². The van der Waals surface area contributed by atoms with Crippen molar-refractivity contribution >= 4 is 16.0 Å². The normalized spacial score (nSPS) is 11.4. The molecule has 1 aromatic heterocycles. The van der Waals surface area contributed by atoms with Crippen LogP contribution in [0.25, 0.3) is 0 Å². The summed E-state index contributed by atoms with van der Waals surface area (Å²) < 4.78 is 24.2. The third-order valence-corrected chi connectivity index (χ3v) is 2.51. The number of rotatable bonds is 4. The minimum atomic E-state index is -3.76. The van der Waals surface area contributed by atoms with Crippen LogP contribution < -0.4 is 4.72 Å². The topological polar surface area (TPSA) is 112 Å². The summed E-state index contributed by atoms with van der Waals surface area (Å²) in [5.74, 6) is -1.25. The highest BCUT2D eigenvalue weighted by Crippen LogP contribution is 2.00. The molecule has 0 atom stereocenters. The van der Waals surface area contributed by atoms with E-state index in [0.29, 0.717) is 0 Å². The summed E-state index contributed by atoms with van der Waals surface area (Å²) in [5, 5.41) is 13.7. The lowest BCUT2D eigenvalue weighted by molar-refractivity contribution is -0.135. The van der Waals surface area contributed by atoms with Crippen molar-refractivity contribution in [2.45, 2.75) is 5.03 Å². The average molecular weight is 205 g/mol.